The van der Waals surface area contributed by atoms with E-state index in [4.69, 9.17) is 38.3 Å². The monoisotopic (exact) mass is 1620 g/mol. The van der Waals surface area contributed by atoms with Gasteiger partial charge in [0.1, 0.15) is 0 Å². The molecule has 0 saturated carbocycles. The van der Waals surface area contributed by atoms with Crippen LogP contribution in [0.1, 0.15) is 308 Å². The molecule has 0 N–H and O–H groups in total. The summed E-state index contributed by atoms with van der Waals surface area (Å²) in [4.78, 5) is 2.66. The van der Waals surface area contributed by atoms with Crippen molar-refractivity contribution in [3.8, 4) is 0 Å². The summed E-state index contributed by atoms with van der Waals surface area (Å²) in [5.41, 5.74) is -11.7. The smallest absolute Gasteiger partial charge is 0.260 e. The van der Waals surface area contributed by atoms with Gasteiger partial charge >= 0.3 is 0 Å². The van der Waals surface area contributed by atoms with Crippen LogP contribution in [-0.2, 0) is 43.3 Å². The van der Waals surface area contributed by atoms with Gasteiger partial charge in [-0.2, -0.15) is 0 Å². The minimum absolute atomic E-state index is 0.00686. The van der Waals surface area contributed by atoms with E-state index < -0.39 is 259 Å². The van der Waals surface area contributed by atoms with Gasteiger partial charge in [-0.15, -0.1) is 22.7 Å². The Morgan fingerprint density at radius 1 is 0.383 bits per heavy atom. The van der Waals surface area contributed by atoms with E-state index >= 15 is 0 Å². The maximum atomic E-state index is 10.5. The molecule has 584 valence electrons. The number of fused-ring (bicyclic) bond motifs is 7. The average Bonchev–Trinajstić information content (AvgIpc) is 1.65. The molecule has 0 saturated heterocycles. The van der Waals surface area contributed by atoms with Crippen molar-refractivity contribution in [3.05, 3.63) is 370 Å². The first kappa shape index (κ1) is 45.5. The van der Waals surface area contributed by atoms with Crippen molar-refractivity contribution in [1.82, 2.24) is 0 Å². The third-order valence-corrected chi connectivity index (χ3v) is 23.2. The molecule has 0 bridgehead atoms. The highest BCUT2D eigenvalue weighted by atomic mass is 35.5. The molecule has 12 aromatic carbocycles. The Bertz CT molecular complexity index is 8340. The molecule has 0 aliphatic carbocycles. The number of hydrogen-bond donors (Lipinski definition) is 0. The highest BCUT2D eigenvalue weighted by Crippen LogP contribution is 2.52. The topological polar surface area (TPSA) is 6.48 Å². The van der Waals surface area contributed by atoms with E-state index in [9.17, 15) is 39.8 Å². The Morgan fingerprint density at radius 3 is 1.40 bits per heavy atom. The standard InChI is InChI=1S/C54H55BClNS.C54H58ClNS/c1-51(2,3)34-19-17-33(18-20-34)47-41-30-38(54(10,11)36-15-13-12-14-16-36)23-27-44(41)55-48-43(47)31-39(56)32-45(48)57(40-25-21-35(22-26-40)52(4,5)6)49-42-29-37(53(7,8)9)24-28-46(42)58-50(49)55;1-51(2,3)39-22-20-36(21-23-39)50(37-16-15-19-43(30-37)54(10,11)41-17-13-12-14-18-41)38-31-44(55)34-46(32-38)56(45-27-24-40(25-28-45)52(4,5)6)48-35-57-49-29-26-42(33-47(48)49)53(7,8)9/h12-32,47H,1-11H3;12-35,50H,1-11H3/i12D,13D,14D,15D,16D,17D,18D,19D,20D,21D,22D,23D,24D,25D,26D,27D,28D,29D,30D;12D,13D,14D,15D,16D,17D,18D,19D,20D,21D,22D,23D,24D,25D,26D,27D,28D,29D,30D,33D,35D. The van der Waals surface area contributed by atoms with Crippen molar-refractivity contribution < 1.29 is 54.8 Å². The van der Waals surface area contributed by atoms with Gasteiger partial charge in [-0.25, -0.2) is 0 Å². The summed E-state index contributed by atoms with van der Waals surface area (Å²) in [7, 11) is 0. The maximum absolute atomic E-state index is 10.5. The van der Waals surface area contributed by atoms with Crippen molar-refractivity contribution >= 4 is 123 Å². The van der Waals surface area contributed by atoms with Crippen LogP contribution < -0.4 is 25.5 Å². The summed E-state index contributed by atoms with van der Waals surface area (Å²) in [5, 5.41) is -0.453. The predicted octanol–water partition coefficient (Wildman–Crippen LogP) is 30.0. The number of anilines is 6. The van der Waals surface area contributed by atoms with Crippen LogP contribution in [0.2, 0.25) is 10.0 Å². The fraction of sp³-hybridized carbons (Fsp3) is 0.296. The first-order valence-corrected chi connectivity index (χ1v) is 40.4. The number of nitrogens with zero attached hydrogens (tertiary/aromatic N) is 2. The molecule has 16 rings (SSSR count). The fourth-order valence-electron chi connectivity index (χ4n) is 14.0. The second-order valence-electron chi connectivity index (χ2n) is 36.6. The molecule has 14 aromatic rings. The van der Waals surface area contributed by atoms with E-state index in [0.29, 0.717) is 0 Å². The van der Waals surface area contributed by atoms with E-state index in [1.54, 1.807) is 125 Å². The van der Waals surface area contributed by atoms with Gasteiger partial charge < -0.3 is 9.80 Å². The molecule has 0 radical (unpaired) electrons. The van der Waals surface area contributed by atoms with Gasteiger partial charge in [0.05, 0.1) is 66.2 Å². The van der Waals surface area contributed by atoms with E-state index in [0.717, 1.165) is 22.7 Å². The molecule has 2 nitrogen and oxygen atoms in total. The first-order chi connectivity index (χ1) is 70.9. The summed E-state index contributed by atoms with van der Waals surface area (Å²) in [6, 6.07) is -13.4. The molecular formula is C108H113BCl2N2S2. The lowest BCUT2D eigenvalue weighted by atomic mass is 9.33. The molecule has 2 aromatic heterocycles. The van der Waals surface area contributed by atoms with E-state index in [1.807, 2.05) is 0 Å². The lowest BCUT2D eigenvalue weighted by Crippen LogP contribution is -2.61. The Balaban J connectivity index is 0.000000230. The number of thiophene rings is 2. The van der Waals surface area contributed by atoms with E-state index in [-0.39, 0.29) is 212 Å². The van der Waals surface area contributed by atoms with Crippen molar-refractivity contribution in [1.29, 1.82) is 0 Å². The SMILES string of the molecule is [2H]c1c([2H])c([2H])c(C(C)(C)c2c([2H])c([2H])c3c(c2[2H])C(c2c([2H])c([2H])c(C(C)(C)C)c([2H])c2[2H])c2cc(Cl)cc4c2B3c2sc3c([2H])c([2H])c(C(C)(C)C)c([2H])c3c2N4c2c([2H])c([2H])c(C(C)(C)C)c([2H])c2[2H])c([2H])c1[2H].[2H]c1sc2c([2H])c([2H])c(C(C)(C)C)c([2H])c2c1N(c1cc(Cl)cc(C(c2c([2H])c([2H])c(C(C)(C)C)c([2H])c2[2H])c2c([2H])c([2H])c([2H])c(C(C)(C)c3c([2H])c([2H])c([2H])c([2H])c3[2H])c2[2H])c1)c1c([2H])c([2H])c(C(C)(C)C)c([2H])c1[2H]. The highest BCUT2D eigenvalue weighted by molar-refractivity contribution is 7.33. The van der Waals surface area contributed by atoms with Crippen molar-refractivity contribution in [3.63, 3.8) is 0 Å². The normalized spacial score (nSPS) is 19.1. The van der Waals surface area contributed by atoms with Crippen LogP contribution in [0.15, 0.2) is 271 Å². The molecule has 4 heterocycles. The van der Waals surface area contributed by atoms with Gasteiger partial charge in [0.2, 0.25) is 0 Å². The second kappa shape index (κ2) is 30.1. The molecule has 0 fully saturated rings. The minimum atomic E-state index is -1.89. The molecule has 7 heteroatoms. The van der Waals surface area contributed by atoms with Gasteiger partial charge in [0.15, 0.2) is 0 Å². The maximum Gasteiger partial charge on any atom is 0.260 e. The Labute approximate surface area is 762 Å². The van der Waals surface area contributed by atoms with Crippen LogP contribution in [0.5, 0.6) is 0 Å². The summed E-state index contributed by atoms with van der Waals surface area (Å²) in [6.07, 6.45) is 0. The predicted molar refractivity (Wildman–Crippen MR) is 505 cm³/mol. The molecule has 0 spiro atoms. The average molecular weight is 1630 g/mol. The Kier molecular flexibility index (Phi) is 11.9. The lowest BCUT2D eigenvalue weighted by molar-refractivity contribution is 0.589. The lowest BCUT2D eigenvalue weighted by Gasteiger charge is -2.42. The summed E-state index contributed by atoms with van der Waals surface area (Å²) in [5.74, 6) is -3.38. The zero-order valence-corrected chi connectivity index (χ0v) is 71.7. The van der Waals surface area contributed by atoms with Gasteiger partial charge in [-0.1, -0.05) is 368 Å². The van der Waals surface area contributed by atoms with Crippen molar-refractivity contribution in [2.45, 2.75) is 207 Å². The van der Waals surface area contributed by atoms with Crippen LogP contribution in [-0.4, -0.2) is 6.71 Å². The van der Waals surface area contributed by atoms with Crippen LogP contribution in [0.4, 0.5) is 34.1 Å². The van der Waals surface area contributed by atoms with Gasteiger partial charge in [-0.05, 0) is 206 Å². The molecule has 2 atom stereocenters. The summed E-state index contributed by atoms with van der Waals surface area (Å²) < 4.78 is 376. The number of rotatable bonds is 12. The largest absolute Gasteiger partial charge is 0.310 e. The minimum Gasteiger partial charge on any atom is -0.310 e. The molecule has 0 amide bonds. The number of halogens is 2. The molecular weight excluding hydrogens is 1470 g/mol. The quantitative estimate of drug-likeness (QED) is 0.0888. The first-order valence-electron chi connectivity index (χ1n) is 58.0. The molecule has 2 aliphatic rings. The zero-order chi connectivity index (χ0) is 117. The number of benzene rings is 12. The third-order valence-electron chi connectivity index (χ3n) is 20.8. The zero-order valence-electron chi connectivity index (χ0n) is 109. The van der Waals surface area contributed by atoms with Gasteiger partial charge in [0.25, 0.3) is 6.71 Å². The van der Waals surface area contributed by atoms with E-state index in [1.165, 1.54) is 67.8 Å². The highest BCUT2D eigenvalue weighted by Gasteiger charge is 2.47. The van der Waals surface area contributed by atoms with Gasteiger partial charge in [0, 0.05) is 85.8 Å². The number of hydrogen-bond acceptors (Lipinski definition) is 4. The third kappa shape index (κ3) is 15.8. The second-order valence-corrected chi connectivity index (χ2v) is 39.3. The molecule has 2 aliphatic heterocycles. The molecule has 115 heavy (non-hydrogen) atoms. The van der Waals surface area contributed by atoms with Gasteiger partial charge in [-0.3, -0.25) is 0 Å². The van der Waals surface area contributed by atoms with Crippen LogP contribution >= 0.6 is 45.9 Å². The summed E-state index contributed by atoms with van der Waals surface area (Å²) >= 11 is 16.2. The Hall–Kier alpha value is -9.20. The van der Waals surface area contributed by atoms with E-state index in [2.05, 4.69) is 0 Å². The van der Waals surface area contributed by atoms with Crippen molar-refractivity contribution in [2.75, 3.05) is 9.80 Å². The fourth-order valence-corrected chi connectivity index (χ4v) is 16.4. The van der Waals surface area contributed by atoms with Crippen LogP contribution in [0.25, 0.3) is 20.2 Å². The Morgan fingerprint density at radius 2 is 0.852 bits per heavy atom. The molecule has 2 unspecified atom stereocenters. The van der Waals surface area contributed by atoms with Crippen LogP contribution in [0, 0.1) is 0 Å². The summed E-state index contributed by atoms with van der Waals surface area (Å²) in [6.45, 7) is 35.9. The van der Waals surface area contributed by atoms with Crippen molar-refractivity contribution in [2.24, 2.45) is 0 Å². The van der Waals surface area contributed by atoms with Crippen LogP contribution in [0.3, 0.4) is 0 Å².